The number of nitrogens with one attached hydrogen (secondary N) is 1. The number of piperidine rings is 1. The van der Waals surface area contributed by atoms with Gasteiger partial charge in [0.25, 0.3) is 0 Å². The Hall–Kier alpha value is -0.340. The molecular formula is C13H21NO. The molecule has 2 saturated heterocycles. The van der Waals surface area contributed by atoms with E-state index in [2.05, 4.69) is 5.32 Å². The van der Waals surface area contributed by atoms with Crippen LogP contribution in [0, 0.1) is 0 Å². The lowest BCUT2D eigenvalue weighted by Gasteiger charge is -2.46. The van der Waals surface area contributed by atoms with Gasteiger partial charge < -0.3 is 10.1 Å². The molecule has 2 aliphatic heterocycles. The molecule has 2 heterocycles. The van der Waals surface area contributed by atoms with Gasteiger partial charge in [-0.15, -0.1) is 0 Å². The van der Waals surface area contributed by atoms with E-state index in [1.165, 1.54) is 51.5 Å². The van der Waals surface area contributed by atoms with Gasteiger partial charge in [0.15, 0.2) is 0 Å². The molecule has 0 bridgehead atoms. The van der Waals surface area contributed by atoms with E-state index in [1.807, 2.05) is 0 Å². The fraction of sp³-hybridized carbons (Fsp3) is 0.846. The van der Waals surface area contributed by atoms with Crippen LogP contribution in [-0.2, 0) is 4.74 Å². The third-order valence-electron chi connectivity index (χ3n) is 4.28. The molecule has 0 amide bonds. The van der Waals surface area contributed by atoms with Gasteiger partial charge >= 0.3 is 0 Å². The van der Waals surface area contributed by atoms with Crippen molar-refractivity contribution in [1.29, 1.82) is 0 Å². The van der Waals surface area contributed by atoms with Crippen LogP contribution < -0.4 is 5.32 Å². The second kappa shape index (κ2) is 3.91. The molecule has 1 saturated carbocycles. The highest BCUT2D eigenvalue weighted by Gasteiger charge is 2.41. The van der Waals surface area contributed by atoms with E-state index < -0.39 is 0 Å². The first-order valence-electron chi connectivity index (χ1n) is 6.42. The number of rotatable bonds is 0. The maximum Gasteiger partial charge on any atom is 0.0719 e. The predicted octanol–water partition coefficient (Wildman–Crippen LogP) is 2.40. The molecule has 0 unspecified atom stereocenters. The molecule has 15 heavy (non-hydrogen) atoms. The Morgan fingerprint density at radius 1 is 1.07 bits per heavy atom. The van der Waals surface area contributed by atoms with Crippen LogP contribution in [-0.4, -0.2) is 25.3 Å². The summed E-state index contributed by atoms with van der Waals surface area (Å²) < 4.78 is 5.97. The highest BCUT2D eigenvalue weighted by molar-refractivity contribution is 5.22. The van der Waals surface area contributed by atoms with Crippen molar-refractivity contribution < 1.29 is 4.74 Å². The molecule has 3 fully saturated rings. The monoisotopic (exact) mass is 207 g/mol. The number of hydrogen-bond acceptors (Lipinski definition) is 2. The van der Waals surface area contributed by atoms with Crippen molar-refractivity contribution in [3.63, 3.8) is 0 Å². The summed E-state index contributed by atoms with van der Waals surface area (Å²) in [6, 6.07) is 0. The van der Waals surface area contributed by atoms with Crippen LogP contribution in [0.25, 0.3) is 0 Å². The first-order chi connectivity index (χ1) is 7.38. The van der Waals surface area contributed by atoms with Gasteiger partial charge in [0.05, 0.1) is 12.2 Å². The summed E-state index contributed by atoms with van der Waals surface area (Å²) in [6.07, 6.45) is 9.07. The zero-order valence-corrected chi connectivity index (χ0v) is 9.48. The molecule has 2 heteroatoms. The maximum atomic E-state index is 5.97. The van der Waals surface area contributed by atoms with Crippen molar-refractivity contribution in [2.75, 3.05) is 19.7 Å². The third-order valence-corrected chi connectivity index (χ3v) is 4.28. The fourth-order valence-corrected chi connectivity index (χ4v) is 3.17. The minimum Gasteiger partial charge on any atom is -0.374 e. The number of hydrogen-bond donors (Lipinski definition) is 1. The van der Waals surface area contributed by atoms with E-state index in [4.69, 9.17) is 4.74 Å². The Morgan fingerprint density at radius 3 is 2.67 bits per heavy atom. The van der Waals surface area contributed by atoms with E-state index in [-0.39, 0.29) is 5.60 Å². The largest absolute Gasteiger partial charge is 0.374 e. The molecule has 0 aromatic carbocycles. The first-order valence-corrected chi connectivity index (χ1v) is 6.42. The van der Waals surface area contributed by atoms with Crippen molar-refractivity contribution in [1.82, 2.24) is 5.32 Å². The molecule has 0 radical (unpaired) electrons. The van der Waals surface area contributed by atoms with Crippen molar-refractivity contribution >= 4 is 0 Å². The molecule has 0 aromatic heterocycles. The summed E-state index contributed by atoms with van der Waals surface area (Å²) in [6.45, 7) is 3.32. The van der Waals surface area contributed by atoms with Gasteiger partial charge in [-0.2, -0.15) is 0 Å². The minimum atomic E-state index is 0.290. The van der Waals surface area contributed by atoms with Gasteiger partial charge in [0.1, 0.15) is 0 Å². The van der Waals surface area contributed by atoms with Crippen molar-refractivity contribution in [3.8, 4) is 0 Å². The lowest BCUT2D eigenvalue weighted by atomic mass is 9.72. The molecule has 1 aliphatic carbocycles. The van der Waals surface area contributed by atoms with Crippen LogP contribution in [0.4, 0.5) is 0 Å². The van der Waals surface area contributed by atoms with Crippen LogP contribution in [0.15, 0.2) is 11.1 Å². The average Bonchev–Trinajstić information content (AvgIpc) is 2.28. The lowest BCUT2D eigenvalue weighted by molar-refractivity contribution is -0.113. The predicted molar refractivity (Wildman–Crippen MR) is 60.9 cm³/mol. The average molecular weight is 207 g/mol. The molecule has 1 N–H and O–H groups in total. The number of ether oxygens (including phenoxy) is 1. The van der Waals surface area contributed by atoms with Gasteiger partial charge in [0.2, 0.25) is 0 Å². The second-order valence-electron chi connectivity index (χ2n) is 5.30. The Bertz CT molecular complexity index is 270. The quantitative estimate of drug-likeness (QED) is 0.616. The van der Waals surface area contributed by atoms with Gasteiger partial charge in [-0.3, -0.25) is 0 Å². The summed E-state index contributed by atoms with van der Waals surface area (Å²) in [5.74, 6) is 0. The molecule has 2 nitrogen and oxygen atoms in total. The minimum absolute atomic E-state index is 0.290. The van der Waals surface area contributed by atoms with Crippen LogP contribution in [0.2, 0.25) is 0 Å². The van der Waals surface area contributed by atoms with Gasteiger partial charge in [-0.25, -0.2) is 0 Å². The topological polar surface area (TPSA) is 21.3 Å². The molecular weight excluding hydrogens is 186 g/mol. The summed E-state index contributed by atoms with van der Waals surface area (Å²) in [4.78, 5) is 0. The zero-order valence-electron chi connectivity index (χ0n) is 9.48. The third kappa shape index (κ3) is 1.85. The van der Waals surface area contributed by atoms with E-state index in [1.54, 1.807) is 11.1 Å². The molecule has 1 spiro atoms. The molecule has 3 rings (SSSR count). The summed E-state index contributed by atoms with van der Waals surface area (Å²) in [7, 11) is 0. The Balaban J connectivity index is 1.74. The van der Waals surface area contributed by atoms with E-state index in [0.717, 1.165) is 13.2 Å². The van der Waals surface area contributed by atoms with Crippen molar-refractivity contribution in [2.45, 2.75) is 50.5 Å². The Morgan fingerprint density at radius 2 is 2.00 bits per heavy atom. The van der Waals surface area contributed by atoms with E-state index in [9.17, 15) is 0 Å². The standard InChI is InChI=1S/C13H21NO/c1-3-12(10-14-7-1)11-4-8-15-13(9-11)5-2-6-13/h14H,1-10H2. The first kappa shape index (κ1) is 9.86. The maximum absolute atomic E-state index is 5.97. The van der Waals surface area contributed by atoms with Gasteiger partial charge in [-0.1, -0.05) is 11.1 Å². The molecule has 84 valence electrons. The summed E-state index contributed by atoms with van der Waals surface area (Å²) in [5, 5.41) is 3.50. The van der Waals surface area contributed by atoms with Gasteiger partial charge in [-0.05, 0) is 51.5 Å². The zero-order chi connectivity index (χ0) is 10.1. The van der Waals surface area contributed by atoms with Crippen molar-refractivity contribution in [2.24, 2.45) is 0 Å². The van der Waals surface area contributed by atoms with Gasteiger partial charge in [0, 0.05) is 6.54 Å². The molecule has 3 aliphatic rings. The highest BCUT2D eigenvalue weighted by atomic mass is 16.5. The van der Waals surface area contributed by atoms with Crippen LogP contribution in [0.1, 0.15) is 44.9 Å². The summed E-state index contributed by atoms with van der Waals surface area (Å²) >= 11 is 0. The van der Waals surface area contributed by atoms with E-state index in [0.29, 0.717) is 0 Å². The Kier molecular flexibility index (Phi) is 2.57. The van der Waals surface area contributed by atoms with Crippen LogP contribution in [0.5, 0.6) is 0 Å². The normalized spacial score (nSPS) is 35.2. The smallest absolute Gasteiger partial charge is 0.0719 e. The fourth-order valence-electron chi connectivity index (χ4n) is 3.17. The summed E-state index contributed by atoms with van der Waals surface area (Å²) in [5.41, 5.74) is 3.72. The van der Waals surface area contributed by atoms with E-state index >= 15 is 0 Å². The second-order valence-corrected chi connectivity index (χ2v) is 5.30. The lowest BCUT2D eigenvalue weighted by Crippen LogP contribution is -2.44. The molecule has 0 atom stereocenters. The molecule has 0 aromatic rings. The Labute approximate surface area is 92.1 Å². The van der Waals surface area contributed by atoms with Crippen molar-refractivity contribution in [3.05, 3.63) is 11.1 Å². The van der Waals surface area contributed by atoms with Crippen LogP contribution in [0.3, 0.4) is 0 Å². The highest BCUT2D eigenvalue weighted by Crippen LogP contribution is 2.45. The van der Waals surface area contributed by atoms with Crippen LogP contribution >= 0.6 is 0 Å². The SMILES string of the molecule is C1CNCC(=C2CCOC3(CCC3)C2)C1.